The van der Waals surface area contributed by atoms with Crippen LogP contribution in [-0.2, 0) is 0 Å². The van der Waals surface area contributed by atoms with Crippen LogP contribution in [0, 0.1) is 6.92 Å². The van der Waals surface area contributed by atoms with Crippen molar-refractivity contribution in [1.29, 1.82) is 0 Å². The highest BCUT2D eigenvalue weighted by Gasteiger charge is 2.19. The maximum absolute atomic E-state index is 4.81. The number of anilines is 1. The van der Waals surface area contributed by atoms with E-state index in [0.717, 1.165) is 22.8 Å². The first-order valence-electron chi connectivity index (χ1n) is 7.40. The molecular formula is C17H21N3. The van der Waals surface area contributed by atoms with Gasteiger partial charge in [-0.2, -0.15) is 0 Å². The van der Waals surface area contributed by atoms with Gasteiger partial charge < -0.3 is 5.32 Å². The average molecular weight is 267 g/mol. The molecule has 1 saturated carbocycles. The molecule has 1 aliphatic carbocycles. The minimum atomic E-state index is 0.632. The summed E-state index contributed by atoms with van der Waals surface area (Å²) in [6.07, 6.45) is 5.21. The van der Waals surface area contributed by atoms with Crippen LogP contribution in [0.5, 0.6) is 0 Å². The second-order valence-corrected chi connectivity index (χ2v) is 5.57. The molecule has 0 atom stereocenters. The first kappa shape index (κ1) is 13.1. The molecular weight excluding hydrogens is 246 g/mol. The maximum atomic E-state index is 4.81. The van der Waals surface area contributed by atoms with Gasteiger partial charge in [-0.1, -0.05) is 12.8 Å². The van der Waals surface area contributed by atoms with Gasteiger partial charge in [-0.05, 0) is 50.1 Å². The van der Waals surface area contributed by atoms with Gasteiger partial charge in [0.25, 0.3) is 0 Å². The summed E-state index contributed by atoms with van der Waals surface area (Å²) in [6, 6.07) is 10.5. The molecule has 1 N–H and O–H groups in total. The lowest BCUT2D eigenvalue weighted by Crippen LogP contribution is -2.02. The van der Waals surface area contributed by atoms with E-state index in [1.807, 2.05) is 7.05 Å². The van der Waals surface area contributed by atoms with Crippen LogP contribution < -0.4 is 5.32 Å². The van der Waals surface area contributed by atoms with Crippen molar-refractivity contribution in [3.05, 3.63) is 41.7 Å². The predicted octanol–water partition coefficient (Wildman–Crippen LogP) is 4.15. The normalized spacial score (nSPS) is 15.5. The fourth-order valence-corrected chi connectivity index (χ4v) is 2.94. The molecule has 0 spiro atoms. The van der Waals surface area contributed by atoms with Gasteiger partial charge in [-0.25, -0.2) is 9.97 Å². The van der Waals surface area contributed by atoms with Gasteiger partial charge in [0.05, 0.1) is 0 Å². The van der Waals surface area contributed by atoms with Crippen LogP contribution in [0.2, 0.25) is 0 Å². The summed E-state index contributed by atoms with van der Waals surface area (Å²) in [5, 5.41) is 3.13. The monoisotopic (exact) mass is 267 g/mol. The number of hydrogen-bond donors (Lipinski definition) is 1. The molecule has 0 aliphatic heterocycles. The van der Waals surface area contributed by atoms with Gasteiger partial charge in [0.2, 0.25) is 0 Å². The minimum absolute atomic E-state index is 0.632. The molecule has 0 saturated heterocycles. The summed E-state index contributed by atoms with van der Waals surface area (Å²) in [5.74, 6) is 1.49. The van der Waals surface area contributed by atoms with Crippen molar-refractivity contribution in [2.24, 2.45) is 0 Å². The van der Waals surface area contributed by atoms with E-state index in [1.165, 1.54) is 31.4 Å². The fraction of sp³-hybridized carbons (Fsp3) is 0.412. The molecule has 1 aliphatic rings. The zero-order valence-corrected chi connectivity index (χ0v) is 12.2. The Kier molecular flexibility index (Phi) is 3.68. The van der Waals surface area contributed by atoms with E-state index in [9.17, 15) is 0 Å². The molecule has 0 unspecified atom stereocenters. The number of rotatable bonds is 3. The SMILES string of the molecule is CNc1ccc(-c2nc(C)cc(C3CCCC3)n2)cc1. The first-order valence-corrected chi connectivity index (χ1v) is 7.40. The van der Waals surface area contributed by atoms with Crippen molar-refractivity contribution in [3.63, 3.8) is 0 Å². The Bertz CT molecular complexity index is 584. The van der Waals surface area contributed by atoms with E-state index in [0.29, 0.717) is 5.92 Å². The van der Waals surface area contributed by atoms with Gasteiger partial charge in [-0.15, -0.1) is 0 Å². The molecule has 1 fully saturated rings. The molecule has 2 aromatic rings. The van der Waals surface area contributed by atoms with Crippen LogP contribution in [0.4, 0.5) is 5.69 Å². The van der Waals surface area contributed by atoms with Crippen LogP contribution in [-0.4, -0.2) is 17.0 Å². The van der Waals surface area contributed by atoms with E-state index >= 15 is 0 Å². The summed E-state index contributed by atoms with van der Waals surface area (Å²) in [5.41, 5.74) is 4.49. The van der Waals surface area contributed by atoms with Crippen molar-refractivity contribution in [2.45, 2.75) is 38.5 Å². The van der Waals surface area contributed by atoms with Crippen LogP contribution >= 0.6 is 0 Å². The van der Waals surface area contributed by atoms with Crippen LogP contribution in [0.3, 0.4) is 0 Å². The quantitative estimate of drug-likeness (QED) is 0.907. The van der Waals surface area contributed by atoms with Crippen LogP contribution in [0.25, 0.3) is 11.4 Å². The van der Waals surface area contributed by atoms with Crippen LogP contribution in [0.1, 0.15) is 43.0 Å². The second-order valence-electron chi connectivity index (χ2n) is 5.57. The number of hydrogen-bond acceptors (Lipinski definition) is 3. The van der Waals surface area contributed by atoms with E-state index < -0.39 is 0 Å². The minimum Gasteiger partial charge on any atom is -0.388 e. The second kappa shape index (κ2) is 5.61. The molecule has 0 bridgehead atoms. The number of aryl methyl sites for hydroxylation is 1. The predicted molar refractivity (Wildman–Crippen MR) is 83.0 cm³/mol. The highest BCUT2D eigenvalue weighted by atomic mass is 14.9. The molecule has 1 heterocycles. The van der Waals surface area contributed by atoms with Crippen molar-refractivity contribution in [2.75, 3.05) is 12.4 Å². The lowest BCUT2D eigenvalue weighted by Gasteiger charge is -2.11. The lowest BCUT2D eigenvalue weighted by atomic mass is 10.0. The molecule has 3 heteroatoms. The Balaban J connectivity index is 1.95. The van der Waals surface area contributed by atoms with E-state index in [4.69, 9.17) is 4.98 Å². The maximum Gasteiger partial charge on any atom is 0.159 e. The molecule has 0 amide bonds. The Labute approximate surface area is 120 Å². The number of aromatic nitrogens is 2. The van der Waals surface area contributed by atoms with Crippen molar-refractivity contribution >= 4 is 5.69 Å². The van der Waals surface area contributed by atoms with Gasteiger partial charge in [-0.3, -0.25) is 0 Å². The molecule has 104 valence electrons. The molecule has 3 nitrogen and oxygen atoms in total. The van der Waals surface area contributed by atoms with E-state index in [1.54, 1.807) is 0 Å². The number of nitrogens with zero attached hydrogens (tertiary/aromatic N) is 2. The zero-order chi connectivity index (χ0) is 13.9. The molecule has 1 aromatic carbocycles. The highest BCUT2D eigenvalue weighted by molar-refractivity contribution is 5.59. The van der Waals surface area contributed by atoms with Gasteiger partial charge in [0.1, 0.15) is 0 Å². The molecule has 0 radical (unpaired) electrons. The smallest absolute Gasteiger partial charge is 0.159 e. The van der Waals surface area contributed by atoms with Crippen molar-refractivity contribution < 1.29 is 0 Å². The number of nitrogens with one attached hydrogen (secondary N) is 1. The van der Waals surface area contributed by atoms with Gasteiger partial charge >= 0.3 is 0 Å². The zero-order valence-electron chi connectivity index (χ0n) is 12.2. The summed E-state index contributed by atoms with van der Waals surface area (Å²) in [7, 11) is 1.93. The first-order chi connectivity index (χ1) is 9.76. The third-order valence-corrected chi connectivity index (χ3v) is 4.08. The van der Waals surface area contributed by atoms with Crippen molar-refractivity contribution in [3.8, 4) is 11.4 Å². The molecule has 1 aromatic heterocycles. The third-order valence-electron chi connectivity index (χ3n) is 4.08. The molecule has 3 rings (SSSR count). The third kappa shape index (κ3) is 2.67. The fourth-order valence-electron chi connectivity index (χ4n) is 2.94. The highest BCUT2D eigenvalue weighted by Crippen LogP contribution is 2.34. The number of benzene rings is 1. The largest absolute Gasteiger partial charge is 0.388 e. The van der Waals surface area contributed by atoms with Gasteiger partial charge in [0, 0.05) is 35.6 Å². The average Bonchev–Trinajstić information content (AvgIpc) is 3.01. The topological polar surface area (TPSA) is 37.8 Å². The van der Waals surface area contributed by atoms with Crippen LogP contribution in [0.15, 0.2) is 30.3 Å². The lowest BCUT2D eigenvalue weighted by molar-refractivity contribution is 0.693. The summed E-state index contributed by atoms with van der Waals surface area (Å²) >= 11 is 0. The van der Waals surface area contributed by atoms with E-state index in [2.05, 4.69) is 47.6 Å². The summed E-state index contributed by atoms with van der Waals surface area (Å²) < 4.78 is 0. The van der Waals surface area contributed by atoms with Crippen molar-refractivity contribution in [1.82, 2.24) is 9.97 Å². The Morgan fingerprint density at radius 1 is 1.05 bits per heavy atom. The molecule has 20 heavy (non-hydrogen) atoms. The Hall–Kier alpha value is -1.90. The summed E-state index contributed by atoms with van der Waals surface area (Å²) in [6.45, 7) is 2.06. The van der Waals surface area contributed by atoms with E-state index in [-0.39, 0.29) is 0 Å². The van der Waals surface area contributed by atoms with Gasteiger partial charge in [0.15, 0.2) is 5.82 Å². The standard InChI is InChI=1S/C17H21N3/c1-12-11-16(13-5-3-4-6-13)20-17(19-12)14-7-9-15(18-2)10-8-14/h7-11,13,18H,3-6H2,1-2H3. The Morgan fingerprint density at radius 3 is 2.40 bits per heavy atom. The Morgan fingerprint density at radius 2 is 1.75 bits per heavy atom. The summed E-state index contributed by atoms with van der Waals surface area (Å²) in [4.78, 5) is 9.41.